The molecule has 1 N–H and O–H groups in total. The van der Waals surface area contributed by atoms with E-state index in [-0.39, 0.29) is 6.03 Å². The molecule has 1 aliphatic heterocycles. The van der Waals surface area contributed by atoms with Crippen molar-refractivity contribution in [3.63, 3.8) is 0 Å². The minimum Gasteiger partial charge on any atom is -0.497 e. The van der Waals surface area contributed by atoms with Gasteiger partial charge in [-0.2, -0.15) is 0 Å². The molecule has 2 amide bonds. The molecule has 1 aromatic heterocycles. The number of nitrogens with zero attached hydrogens (tertiary/aromatic N) is 3. The van der Waals surface area contributed by atoms with Gasteiger partial charge in [0.15, 0.2) is 0 Å². The second kappa shape index (κ2) is 10.1. The van der Waals surface area contributed by atoms with Gasteiger partial charge >= 0.3 is 6.03 Å². The number of rotatable bonds is 8. The van der Waals surface area contributed by atoms with E-state index >= 15 is 0 Å². The first kappa shape index (κ1) is 20.1. The largest absolute Gasteiger partial charge is 0.497 e. The molecule has 1 aromatic carbocycles. The third-order valence-electron chi connectivity index (χ3n) is 5.27. The molecule has 6 nitrogen and oxygen atoms in total. The summed E-state index contributed by atoms with van der Waals surface area (Å²) >= 11 is 0. The zero-order valence-electron chi connectivity index (χ0n) is 16.8. The van der Waals surface area contributed by atoms with Crippen molar-refractivity contribution in [1.82, 2.24) is 20.1 Å². The first-order chi connectivity index (χ1) is 13.6. The summed E-state index contributed by atoms with van der Waals surface area (Å²) in [7, 11) is 3.80. The number of benzene rings is 1. The molecular formula is C22H30N4O2. The van der Waals surface area contributed by atoms with Crippen LogP contribution in [0.15, 0.2) is 48.8 Å². The minimum absolute atomic E-state index is 0.000114. The van der Waals surface area contributed by atoms with Gasteiger partial charge in [-0.15, -0.1) is 0 Å². The maximum atomic E-state index is 12.9. The lowest BCUT2D eigenvalue weighted by molar-refractivity contribution is 0.194. The summed E-state index contributed by atoms with van der Waals surface area (Å²) in [5, 5.41) is 3.14. The van der Waals surface area contributed by atoms with Gasteiger partial charge in [0.25, 0.3) is 0 Å². The van der Waals surface area contributed by atoms with Gasteiger partial charge in [0.2, 0.25) is 0 Å². The van der Waals surface area contributed by atoms with E-state index in [1.54, 1.807) is 19.5 Å². The van der Waals surface area contributed by atoms with E-state index in [1.807, 2.05) is 29.2 Å². The summed E-state index contributed by atoms with van der Waals surface area (Å²) in [6.45, 7) is 4.13. The van der Waals surface area contributed by atoms with Crippen molar-refractivity contribution >= 4 is 6.03 Å². The number of pyridine rings is 1. The Kier molecular flexibility index (Phi) is 7.25. The Balaban J connectivity index is 1.59. The molecule has 6 heteroatoms. The van der Waals surface area contributed by atoms with Crippen LogP contribution in [-0.4, -0.2) is 61.2 Å². The summed E-state index contributed by atoms with van der Waals surface area (Å²) in [6.07, 6.45) is 5.48. The van der Waals surface area contributed by atoms with Gasteiger partial charge in [0.1, 0.15) is 5.75 Å². The number of nitrogens with one attached hydrogen (secondary N) is 1. The summed E-state index contributed by atoms with van der Waals surface area (Å²) in [4.78, 5) is 21.1. The quantitative estimate of drug-likeness (QED) is 0.763. The second-order valence-corrected chi connectivity index (χ2v) is 7.48. The molecule has 0 radical (unpaired) electrons. The van der Waals surface area contributed by atoms with Crippen molar-refractivity contribution in [2.45, 2.75) is 19.4 Å². The zero-order chi connectivity index (χ0) is 19.8. The molecule has 3 rings (SSSR count). The van der Waals surface area contributed by atoms with E-state index in [4.69, 9.17) is 4.74 Å². The maximum Gasteiger partial charge on any atom is 0.317 e. The van der Waals surface area contributed by atoms with Crippen LogP contribution >= 0.6 is 0 Å². The predicted molar refractivity (Wildman–Crippen MR) is 110 cm³/mol. The number of ether oxygens (including phenoxy) is 1. The lowest BCUT2D eigenvalue weighted by Gasteiger charge is -2.24. The highest BCUT2D eigenvalue weighted by Crippen LogP contribution is 2.15. The van der Waals surface area contributed by atoms with E-state index in [0.29, 0.717) is 19.0 Å². The fourth-order valence-corrected chi connectivity index (χ4v) is 3.55. The van der Waals surface area contributed by atoms with Crippen molar-refractivity contribution in [3.05, 3.63) is 59.9 Å². The van der Waals surface area contributed by atoms with E-state index in [1.165, 1.54) is 5.56 Å². The Morgan fingerprint density at radius 1 is 1.21 bits per heavy atom. The number of amides is 2. The van der Waals surface area contributed by atoms with Crippen molar-refractivity contribution in [2.75, 3.05) is 40.3 Å². The molecule has 0 saturated carbocycles. The number of hydrogen-bond acceptors (Lipinski definition) is 4. The molecule has 0 aliphatic carbocycles. The predicted octanol–water partition coefficient (Wildman–Crippen LogP) is 2.80. The molecule has 1 unspecified atom stereocenters. The van der Waals surface area contributed by atoms with E-state index in [9.17, 15) is 4.79 Å². The highest BCUT2D eigenvalue weighted by Gasteiger charge is 2.21. The molecule has 150 valence electrons. The van der Waals surface area contributed by atoms with Gasteiger partial charge < -0.3 is 19.9 Å². The normalized spacial score (nSPS) is 16.7. The fourth-order valence-electron chi connectivity index (χ4n) is 3.55. The summed E-state index contributed by atoms with van der Waals surface area (Å²) < 4.78 is 5.22. The molecule has 0 spiro atoms. The van der Waals surface area contributed by atoms with Gasteiger partial charge in [0.05, 0.1) is 7.11 Å². The average Bonchev–Trinajstić information content (AvgIpc) is 3.15. The second-order valence-electron chi connectivity index (χ2n) is 7.48. The Bertz CT molecular complexity index is 736. The minimum atomic E-state index is -0.000114. The lowest BCUT2D eigenvalue weighted by atomic mass is 10.1. The lowest BCUT2D eigenvalue weighted by Crippen LogP contribution is -2.42. The summed E-state index contributed by atoms with van der Waals surface area (Å²) in [5.74, 6) is 1.38. The highest BCUT2D eigenvalue weighted by molar-refractivity contribution is 5.74. The van der Waals surface area contributed by atoms with Gasteiger partial charge in [-0.25, -0.2) is 4.79 Å². The van der Waals surface area contributed by atoms with Crippen LogP contribution in [0.5, 0.6) is 5.75 Å². The maximum absolute atomic E-state index is 12.9. The fraction of sp³-hybridized carbons (Fsp3) is 0.455. The number of methoxy groups -OCH3 is 1. The van der Waals surface area contributed by atoms with Crippen LogP contribution in [0.25, 0.3) is 0 Å². The van der Waals surface area contributed by atoms with E-state index < -0.39 is 0 Å². The Morgan fingerprint density at radius 2 is 1.96 bits per heavy atom. The van der Waals surface area contributed by atoms with Crippen LogP contribution < -0.4 is 10.1 Å². The number of carbonyl (C=O) groups is 1. The number of urea groups is 1. The van der Waals surface area contributed by atoms with Crippen LogP contribution in [-0.2, 0) is 13.0 Å². The van der Waals surface area contributed by atoms with Gasteiger partial charge in [-0.05, 0) is 67.7 Å². The molecule has 2 aromatic rings. The first-order valence-corrected chi connectivity index (χ1v) is 9.87. The van der Waals surface area contributed by atoms with Crippen LogP contribution in [0.1, 0.15) is 17.5 Å². The summed E-state index contributed by atoms with van der Waals surface area (Å²) in [5.41, 5.74) is 2.27. The molecule has 28 heavy (non-hydrogen) atoms. The molecule has 1 fully saturated rings. The molecular weight excluding hydrogens is 352 g/mol. The number of carbonyl (C=O) groups excluding carboxylic acids is 1. The Labute approximate surface area is 167 Å². The van der Waals surface area contributed by atoms with Crippen LogP contribution in [0, 0.1) is 5.92 Å². The molecule has 1 atom stereocenters. The number of hydrogen-bond donors (Lipinski definition) is 1. The summed E-state index contributed by atoms with van der Waals surface area (Å²) in [6, 6.07) is 11.9. The van der Waals surface area contributed by atoms with Crippen molar-refractivity contribution in [3.8, 4) is 5.75 Å². The highest BCUT2D eigenvalue weighted by atomic mass is 16.5. The van der Waals surface area contributed by atoms with E-state index in [0.717, 1.165) is 43.8 Å². The third kappa shape index (κ3) is 5.96. The van der Waals surface area contributed by atoms with E-state index in [2.05, 4.69) is 34.4 Å². The van der Waals surface area contributed by atoms with Crippen LogP contribution in [0.3, 0.4) is 0 Å². The van der Waals surface area contributed by atoms with Crippen LogP contribution in [0.4, 0.5) is 4.79 Å². The van der Waals surface area contributed by atoms with Crippen molar-refractivity contribution < 1.29 is 9.53 Å². The first-order valence-electron chi connectivity index (χ1n) is 9.87. The molecule has 1 saturated heterocycles. The standard InChI is InChI=1S/C22H30N4O2/c1-25-13-9-20(16-25)15-24-22(27)26(17-19-7-11-23-12-8-19)14-10-18-3-5-21(28-2)6-4-18/h3-8,11-12,20H,9-10,13-17H2,1-2H3,(H,24,27). The Morgan fingerprint density at radius 3 is 2.61 bits per heavy atom. The van der Waals surface area contributed by atoms with Crippen LogP contribution in [0.2, 0.25) is 0 Å². The van der Waals surface area contributed by atoms with Gasteiger partial charge in [0, 0.05) is 38.6 Å². The molecule has 1 aliphatic rings. The van der Waals surface area contributed by atoms with Crippen molar-refractivity contribution in [1.29, 1.82) is 0 Å². The third-order valence-corrected chi connectivity index (χ3v) is 5.27. The topological polar surface area (TPSA) is 57.7 Å². The average molecular weight is 383 g/mol. The zero-order valence-corrected chi connectivity index (χ0v) is 16.8. The smallest absolute Gasteiger partial charge is 0.317 e. The van der Waals surface area contributed by atoms with Gasteiger partial charge in [-0.3, -0.25) is 4.98 Å². The Hall–Kier alpha value is -2.60. The molecule has 2 heterocycles. The SMILES string of the molecule is COc1ccc(CCN(Cc2ccncc2)C(=O)NCC2CCN(C)C2)cc1. The van der Waals surface area contributed by atoms with Crippen molar-refractivity contribution in [2.24, 2.45) is 5.92 Å². The molecule has 0 bridgehead atoms. The number of likely N-dealkylation sites (tertiary alicyclic amines) is 1. The number of aromatic nitrogens is 1. The van der Waals surface area contributed by atoms with Gasteiger partial charge in [-0.1, -0.05) is 12.1 Å². The monoisotopic (exact) mass is 382 g/mol.